The van der Waals surface area contributed by atoms with E-state index in [1.54, 1.807) is 0 Å². The quantitative estimate of drug-likeness (QED) is 0.739. The van der Waals surface area contributed by atoms with Crippen molar-refractivity contribution in [1.29, 1.82) is 0 Å². The first kappa shape index (κ1) is 15.2. The van der Waals surface area contributed by atoms with E-state index in [1.807, 2.05) is 12.1 Å². The first-order valence-corrected chi connectivity index (χ1v) is 9.75. The molecule has 0 amide bonds. The molecule has 1 aromatic carbocycles. The van der Waals surface area contributed by atoms with Crippen LogP contribution in [0.5, 0.6) is 0 Å². The van der Waals surface area contributed by atoms with Gasteiger partial charge in [-0.05, 0) is 74.2 Å². The fourth-order valence-electron chi connectivity index (χ4n) is 5.75. The van der Waals surface area contributed by atoms with Gasteiger partial charge in [0, 0.05) is 29.0 Å². The molecule has 0 aromatic heterocycles. The summed E-state index contributed by atoms with van der Waals surface area (Å²) < 4.78 is 0. The Morgan fingerprint density at radius 3 is 2.71 bits per heavy atom. The third-order valence-electron chi connectivity index (χ3n) is 7.07. The van der Waals surface area contributed by atoms with Crippen molar-refractivity contribution in [1.82, 2.24) is 4.90 Å². The molecule has 3 unspecified atom stereocenters. The second-order valence-corrected chi connectivity index (χ2v) is 8.85. The average Bonchev–Trinajstić information content (AvgIpc) is 3.25. The minimum Gasteiger partial charge on any atom is -0.303 e. The van der Waals surface area contributed by atoms with Crippen molar-refractivity contribution in [3.05, 3.63) is 46.5 Å². The van der Waals surface area contributed by atoms with E-state index in [-0.39, 0.29) is 5.41 Å². The van der Waals surface area contributed by atoms with Gasteiger partial charge in [0.25, 0.3) is 0 Å². The molecular weight excluding hydrogens is 318 g/mol. The number of benzene rings is 1. The van der Waals surface area contributed by atoms with Crippen molar-refractivity contribution in [2.75, 3.05) is 19.6 Å². The predicted molar refractivity (Wildman–Crippen MR) is 96.6 cm³/mol. The number of allylic oxidation sites excluding steroid dienone is 2. The predicted octanol–water partition coefficient (Wildman–Crippen LogP) is 4.47. The van der Waals surface area contributed by atoms with Crippen molar-refractivity contribution in [2.45, 2.75) is 37.5 Å². The van der Waals surface area contributed by atoms with Gasteiger partial charge in [-0.1, -0.05) is 29.8 Å². The molecule has 4 aliphatic rings. The number of piperidine rings is 1. The fourth-order valence-corrected chi connectivity index (χ4v) is 5.93. The Hall–Kier alpha value is -1.12. The van der Waals surface area contributed by atoms with Crippen LogP contribution in [0.25, 0.3) is 0 Å². The van der Waals surface area contributed by atoms with E-state index >= 15 is 0 Å². The molecule has 1 spiro atoms. The van der Waals surface area contributed by atoms with Crippen LogP contribution in [0.2, 0.25) is 5.02 Å². The second kappa shape index (κ2) is 5.44. The molecule has 1 saturated heterocycles. The highest BCUT2D eigenvalue weighted by Crippen LogP contribution is 2.48. The average molecular weight is 342 g/mol. The summed E-state index contributed by atoms with van der Waals surface area (Å²) in [6.07, 6.45) is 10.6. The maximum atomic E-state index is 12.5. The van der Waals surface area contributed by atoms with E-state index in [0.29, 0.717) is 17.2 Å². The Kier molecular flexibility index (Phi) is 3.44. The molecular formula is C21H24ClNO. The molecule has 5 rings (SSSR count). The number of carbonyl (C=O) groups excluding carboxylic acids is 1. The van der Waals surface area contributed by atoms with Crippen LogP contribution >= 0.6 is 11.6 Å². The minimum absolute atomic E-state index is 0.0854. The van der Waals surface area contributed by atoms with Crippen LogP contribution in [0.15, 0.2) is 30.4 Å². The van der Waals surface area contributed by atoms with E-state index in [2.05, 4.69) is 23.1 Å². The van der Waals surface area contributed by atoms with Crippen molar-refractivity contribution >= 4 is 17.4 Å². The normalized spacial score (nSPS) is 33.5. The molecule has 1 aromatic rings. The monoisotopic (exact) mass is 341 g/mol. The number of halogens is 1. The van der Waals surface area contributed by atoms with Crippen molar-refractivity contribution < 1.29 is 4.79 Å². The molecule has 1 heterocycles. The summed E-state index contributed by atoms with van der Waals surface area (Å²) in [4.78, 5) is 15.1. The van der Waals surface area contributed by atoms with Gasteiger partial charge in [0.15, 0.2) is 5.78 Å². The SMILES string of the molecule is O=C1CC2(CCN(CC3CC4C=CC3C4)CC2)c2ccc(Cl)cc21. The first-order valence-electron chi connectivity index (χ1n) is 9.37. The topological polar surface area (TPSA) is 20.3 Å². The molecule has 3 aliphatic carbocycles. The molecule has 24 heavy (non-hydrogen) atoms. The van der Waals surface area contributed by atoms with Crippen molar-refractivity contribution in [3.63, 3.8) is 0 Å². The first-order chi connectivity index (χ1) is 11.6. The molecule has 3 atom stereocenters. The number of ketones is 1. The molecule has 126 valence electrons. The van der Waals surface area contributed by atoms with Gasteiger partial charge in [0.05, 0.1) is 0 Å². The number of fused-ring (bicyclic) bond motifs is 4. The van der Waals surface area contributed by atoms with Gasteiger partial charge in [0.2, 0.25) is 0 Å². The Labute approximate surface area is 148 Å². The Morgan fingerprint density at radius 1 is 1.17 bits per heavy atom. The Morgan fingerprint density at radius 2 is 2.00 bits per heavy atom. The summed E-state index contributed by atoms with van der Waals surface area (Å²) >= 11 is 6.10. The lowest BCUT2D eigenvalue weighted by Gasteiger charge is -2.41. The third kappa shape index (κ3) is 2.30. The van der Waals surface area contributed by atoms with E-state index in [0.717, 1.165) is 49.2 Å². The number of carbonyl (C=O) groups is 1. The van der Waals surface area contributed by atoms with Gasteiger partial charge in [-0.15, -0.1) is 0 Å². The zero-order valence-corrected chi connectivity index (χ0v) is 14.8. The Bertz CT molecular complexity index is 717. The van der Waals surface area contributed by atoms with Crippen LogP contribution < -0.4 is 0 Å². The summed E-state index contributed by atoms with van der Waals surface area (Å²) in [6.45, 7) is 3.52. The zero-order valence-electron chi connectivity index (χ0n) is 14.0. The van der Waals surface area contributed by atoms with Crippen molar-refractivity contribution in [3.8, 4) is 0 Å². The molecule has 2 nitrogen and oxygen atoms in total. The lowest BCUT2D eigenvalue weighted by Crippen LogP contribution is -2.44. The molecule has 2 bridgehead atoms. The lowest BCUT2D eigenvalue weighted by molar-refractivity contribution is 0.0919. The number of hydrogen-bond donors (Lipinski definition) is 0. The number of likely N-dealkylation sites (tertiary alicyclic amines) is 1. The van der Waals surface area contributed by atoms with Gasteiger partial charge >= 0.3 is 0 Å². The van der Waals surface area contributed by atoms with E-state index in [9.17, 15) is 4.79 Å². The molecule has 1 aliphatic heterocycles. The molecule has 2 fully saturated rings. The fraction of sp³-hybridized carbons (Fsp3) is 0.571. The Balaban J connectivity index is 1.29. The summed E-state index contributed by atoms with van der Waals surface area (Å²) in [7, 11) is 0. The molecule has 1 saturated carbocycles. The third-order valence-corrected chi connectivity index (χ3v) is 7.31. The van der Waals surface area contributed by atoms with Crippen LogP contribution in [0.3, 0.4) is 0 Å². The van der Waals surface area contributed by atoms with Crippen LogP contribution in [-0.2, 0) is 5.41 Å². The highest BCUT2D eigenvalue weighted by Gasteiger charge is 2.45. The van der Waals surface area contributed by atoms with E-state index in [4.69, 9.17) is 11.6 Å². The number of Topliss-reactive ketones (excluding diaryl/α,β-unsaturated/α-hetero) is 1. The summed E-state index contributed by atoms with van der Waals surface area (Å²) in [5.41, 5.74) is 2.23. The number of nitrogens with zero attached hydrogens (tertiary/aromatic N) is 1. The smallest absolute Gasteiger partial charge is 0.164 e. The van der Waals surface area contributed by atoms with Crippen LogP contribution in [-0.4, -0.2) is 30.3 Å². The summed E-state index contributed by atoms with van der Waals surface area (Å²) in [6, 6.07) is 5.94. The lowest BCUT2D eigenvalue weighted by atomic mass is 9.73. The van der Waals surface area contributed by atoms with Crippen LogP contribution in [0, 0.1) is 17.8 Å². The van der Waals surface area contributed by atoms with Gasteiger partial charge in [-0.2, -0.15) is 0 Å². The number of rotatable bonds is 2. The highest BCUT2D eigenvalue weighted by molar-refractivity contribution is 6.31. The van der Waals surface area contributed by atoms with Gasteiger partial charge < -0.3 is 4.90 Å². The van der Waals surface area contributed by atoms with E-state index < -0.39 is 0 Å². The largest absolute Gasteiger partial charge is 0.303 e. The summed E-state index contributed by atoms with van der Waals surface area (Å²) in [5, 5.41) is 0.681. The van der Waals surface area contributed by atoms with E-state index in [1.165, 1.54) is 24.9 Å². The van der Waals surface area contributed by atoms with Crippen LogP contribution in [0.4, 0.5) is 0 Å². The van der Waals surface area contributed by atoms with Crippen LogP contribution in [0.1, 0.15) is 48.0 Å². The molecule has 3 heteroatoms. The maximum Gasteiger partial charge on any atom is 0.164 e. The molecule has 0 radical (unpaired) electrons. The summed E-state index contributed by atoms with van der Waals surface area (Å²) in [5.74, 6) is 2.85. The highest BCUT2D eigenvalue weighted by atomic mass is 35.5. The zero-order chi connectivity index (χ0) is 16.3. The van der Waals surface area contributed by atoms with Gasteiger partial charge in [-0.25, -0.2) is 0 Å². The standard InChI is InChI=1S/C21H24ClNO/c22-17-3-4-19-18(11-17)20(24)12-21(19)5-7-23(8-6-21)13-16-10-14-1-2-15(16)9-14/h1-4,11,14-16H,5-10,12-13H2. The van der Waals surface area contributed by atoms with Gasteiger partial charge in [-0.3, -0.25) is 4.79 Å². The number of hydrogen-bond acceptors (Lipinski definition) is 2. The van der Waals surface area contributed by atoms with Gasteiger partial charge in [0.1, 0.15) is 0 Å². The minimum atomic E-state index is 0.0854. The second-order valence-electron chi connectivity index (χ2n) is 8.41. The maximum absolute atomic E-state index is 12.5. The molecule has 0 N–H and O–H groups in total. The van der Waals surface area contributed by atoms with Crippen molar-refractivity contribution in [2.24, 2.45) is 17.8 Å².